The van der Waals surface area contributed by atoms with Crippen molar-refractivity contribution in [2.45, 2.75) is 26.1 Å². The Hall–Kier alpha value is -1.82. The van der Waals surface area contributed by atoms with E-state index in [2.05, 4.69) is 25.3 Å². The van der Waals surface area contributed by atoms with Gasteiger partial charge >= 0.3 is 5.97 Å². The maximum Gasteiger partial charge on any atom is 0.335 e. The molecule has 5 nitrogen and oxygen atoms in total. The molecule has 0 amide bonds. The highest BCUT2D eigenvalue weighted by atomic mass is 127. The molecule has 1 aliphatic heterocycles. The maximum atomic E-state index is 11.7. The van der Waals surface area contributed by atoms with E-state index < -0.39 is 6.29 Å². The molecule has 0 fully saturated rings. The van der Waals surface area contributed by atoms with Crippen LogP contribution in [0.1, 0.15) is 19.8 Å². The third-order valence-electron chi connectivity index (χ3n) is 3.36. The zero-order valence-electron chi connectivity index (χ0n) is 13.8. The number of allylic oxidation sites excluding steroid dienone is 3. The van der Waals surface area contributed by atoms with Crippen LogP contribution in [0.25, 0.3) is 0 Å². The highest BCUT2D eigenvalue weighted by Gasteiger charge is 2.27. The largest absolute Gasteiger partial charge is 0.464 e. The quantitative estimate of drug-likeness (QED) is 0.200. The Morgan fingerprint density at radius 1 is 1.56 bits per heavy atom. The number of carbonyl (C=O) groups excluding carboxylic acids is 1. The Morgan fingerprint density at radius 3 is 3.08 bits per heavy atom. The standard InChI is InChI=1S/C19H19IO5/c1-3-6-14-11-18(21)25-17-12-15(7-4-8-16(14)17)23-9-5-10-24-19(22)13(2)20/h5,7,9,11-12,16,19,22H,2-3,6,10H2,1H3/b9-5+. The minimum atomic E-state index is -1.01. The lowest BCUT2D eigenvalue weighted by molar-refractivity contribution is -0.135. The number of esters is 1. The highest BCUT2D eigenvalue weighted by molar-refractivity contribution is 14.1. The van der Waals surface area contributed by atoms with Gasteiger partial charge in [0.05, 0.1) is 12.9 Å². The van der Waals surface area contributed by atoms with Crippen LogP contribution >= 0.6 is 22.6 Å². The first-order valence-electron chi connectivity index (χ1n) is 7.82. The average Bonchev–Trinajstić information content (AvgIpc) is 2.76. The normalized spacial score (nSPS) is 20.2. The van der Waals surface area contributed by atoms with Gasteiger partial charge in [-0.15, -0.1) is 0 Å². The van der Waals surface area contributed by atoms with Crippen molar-refractivity contribution < 1.29 is 24.1 Å². The molecule has 2 rings (SSSR count). The lowest BCUT2D eigenvalue weighted by Gasteiger charge is -2.22. The van der Waals surface area contributed by atoms with E-state index in [9.17, 15) is 9.90 Å². The summed E-state index contributed by atoms with van der Waals surface area (Å²) in [7, 11) is 0. The molecular weight excluding hydrogens is 435 g/mol. The van der Waals surface area contributed by atoms with Gasteiger partial charge in [-0.05, 0) is 40.7 Å². The molecular formula is C19H19IO5. The summed E-state index contributed by atoms with van der Waals surface area (Å²) in [5.74, 6) is 6.36. The van der Waals surface area contributed by atoms with Crippen LogP contribution in [-0.2, 0) is 19.0 Å². The van der Waals surface area contributed by atoms with E-state index in [0.717, 1.165) is 18.4 Å². The van der Waals surface area contributed by atoms with Gasteiger partial charge in [-0.3, -0.25) is 0 Å². The molecule has 0 aromatic carbocycles. The number of ether oxygens (including phenoxy) is 3. The number of hydrogen-bond acceptors (Lipinski definition) is 5. The zero-order valence-corrected chi connectivity index (χ0v) is 16.0. The van der Waals surface area contributed by atoms with Gasteiger partial charge in [-0.25, -0.2) is 4.79 Å². The molecule has 0 aromatic rings. The number of halogens is 1. The van der Waals surface area contributed by atoms with Gasteiger partial charge in [-0.1, -0.05) is 31.8 Å². The fourth-order valence-corrected chi connectivity index (χ4v) is 2.43. The maximum absolute atomic E-state index is 11.7. The van der Waals surface area contributed by atoms with Gasteiger partial charge in [0.15, 0.2) is 6.29 Å². The van der Waals surface area contributed by atoms with Crippen molar-refractivity contribution in [2.75, 3.05) is 6.61 Å². The van der Waals surface area contributed by atoms with Gasteiger partial charge in [0.2, 0.25) is 0 Å². The van der Waals surface area contributed by atoms with Crippen molar-refractivity contribution in [3.8, 4) is 11.8 Å². The minimum absolute atomic E-state index is 0.166. The Kier molecular flexibility index (Phi) is 7.50. The summed E-state index contributed by atoms with van der Waals surface area (Å²) in [5.41, 5.74) is 0.962. The molecule has 0 saturated carbocycles. The summed E-state index contributed by atoms with van der Waals surface area (Å²) in [6.45, 7) is 5.80. The van der Waals surface area contributed by atoms with Crippen LogP contribution in [0.2, 0.25) is 0 Å². The third kappa shape index (κ3) is 5.88. The lowest BCUT2D eigenvalue weighted by atomic mass is 9.91. The van der Waals surface area contributed by atoms with Crippen LogP contribution in [-0.4, -0.2) is 24.0 Å². The van der Waals surface area contributed by atoms with Crippen LogP contribution in [0.3, 0.4) is 0 Å². The van der Waals surface area contributed by atoms with Crippen LogP contribution in [0.4, 0.5) is 0 Å². The second-order valence-electron chi connectivity index (χ2n) is 5.33. The van der Waals surface area contributed by atoms with E-state index >= 15 is 0 Å². The molecule has 132 valence electrons. The summed E-state index contributed by atoms with van der Waals surface area (Å²) in [6.07, 6.45) is 8.55. The van der Waals surface area contributed by atoms with Crippen LogP contribution in [0.15, 0.2) is 57.8 Å². The first-order chi connectivity index (χ1) is 12.0. The molecule has 0 spiro atoms. The summed E-state index contributed by atoms with van der Waals surface area (Å²) in [4.78, 5) is 11.7. The second kappa shape index (κ2) is 9.61. The van der Waals surface area contributed by atoms with Crippen LogP contribution in [0, 0.1) is 17.8 Å². The number of aliphatic hydroxyl groups is 1. The highest BCUT2D eigenvalue weighted by Crippen LogP contribution is 2.31. The fourth-order valence-electron chi connectivity index (χ4n) is 2.25. The van der Waals surface area contributed by atoms with E-state index in [1.807, 2.05) is 22.6 Å². The van der Waals surface area contributed by atoms with E-state index in [1.54, 1.807) is 18.2 Å². The van der Waals surface area contributed by atoms with Gasteiger partial charge in [0.25, 0.3) is 0 Å². The molecule has 0 bridgehead atoms. The van der Waals surface area contributed by atoms with Crippen molar-refractivity contribution in [3.05, 3.63) is 57.8 Å². The molecule has 2 atom stereocenters. The minimum Gasteiger partial charge on any atom is -0.464 e. The van der Waals surface area contributed by atoms with Crippen molar-refractivity contribution in [1.82, 2.24) is 0 Å². The van der Waals surface area contributed by atoms with Gasteiger partial charge in [-0.2, -0.15) is 0 Å². The summed E-state index contributed by atoms with van der Waals surface area (Å²) in [5, 5.41) is 9.44. The second-order valence-corrected chi connectivity index (χ2v) is 6.71. The molecule has 2 unspecified atom stereocenters. The van der Waals surface area contributed by atoms with Gasteiger partial charge in [0, 0.05) is 21.8 Å². The lowest BCUT2D eigenvalue weighted by Crippen LogP contribution is -2.18. The molecule has 2 aliphatic rings. The summed E-state index contributed by atoms with van der Waals surface area (Å²) < 4.78 is 16.4. The summed E-state index contributed by atoms with van der Waals surface area (Å²) in [6, 6.07) is 0. The van der Waals surface area contributed by atoms with Crippen molar-refractivity contribution in [1.29, 1.82) is 0 Å². The van der Waals surface area contributed by atoms with Crippen molar-refractivity contribution >= 4 is 28.6 Å². The Labute approximate surface area is 160 Å². The number of aliphatic hydroxyl groups excluding tert-OH is 1. The average molecular weight is 454 g/mol. The first kappa shape index (κ1) is 19.5. The number of fused-ring (bicyclic) bond motifs is 1. The van der Waals surface area contributed by atoms with Crippen molar-refractivity contribution in [2.24, 2.45) is 5.92 Å². The topological polar surface area (TPSA) is 65.0 Å². The first-order valence-corrected chi connectivity index (χ1v) is 8.90. The summed E-state index contributed by atoms with van der Waals surface area (Å²) >= 11 is 1.89. The molecule has 25 heavy (non-hydrogen) atoms. The Balaban J connectivity index is 1.98. The predicted molar refractivity (Wildman–Crippen MR) is 102 cm³/mol. The number of carbonyl (C=O) groups is 1. The van der Waals surface area contributed by atoms with E-state index in [1.165, 1.54) is 12.3 Å². The predicted octanol–water partition coefficient (Wildman–Crippen LogP) is 3.48. The molecule has 1 heterocycles. The van der Waals surface area contributed by atoms with Crippen LogP contribution in [0.5, 0.6) is 0 Å². The number of hydrogen-bond donors (Lipinski definition) is 1. The smallest absolute Gasteiger partial charge is 0.335 e. The molecule has 1 aliphatic carbocycles. The molecule has 6 heteroatoms. The fraction of sp³-hybridized carbons (Fsp3) is 0.316. The van der Waals surface area contributed by atoms with Gasteiger partial charge < -0.3 is 19.3 Å². The van der Waals surface area contributed by atoms with E-state index in [-0.39, 0.29) is 18.5 Å². The molecule has 0 radical (unpaired) electrons. The molecule has 0 saturated heterocycles. The number of rotatable bonds is 8. The van der Waals surface area contributed by atoms with Crippen molar-refractivity contribution in [3.63, 3.8) is 0 Å². The Morgan fingerprint density at radius 2 is 2.36 bits per heavy atom. The zero-order chi connectivity index (χ0) is 18.2. The van der Waals surface area contributed by atoms with Gasteiger partial charge in [0.1, 0.15) is 17.4 Å². The Bertz CT molecular complexity index is 718. The SMILES string of the molecule is C=C(I)C(O)OC/C=C/OC1=CC#CC2C(CCC)=CC(=O)OC2=C1. The molecule has 1 N–H and O–H groups in total. The third-order valence-corrected chi connectivity index (χ3v) is 3.89. The van der Waals surface area contributed by atoms with Crippen LogP contribution < -0.4 is 0 Å². The van der Waals surface area contributed by atoms with E-state index in [4.69, 9.17) is 14.2 Å². The monoisotopic (exact) mass is 454 g/mol. The van der Waals surface area contributed by atoms with E-state index in [0.29, 0.717) is 15.1 Å². The molecule has 0 aromatic heterocycles.